The lowest BCUT2D eigenvalue weighted by Gasteiger charge is -2.07. The highest BCUT2D eigenvalue weighted by Crippen LogP contribution is 2.30. The second-order valence-corrected chi connectivity index (χ2v) is 4.51. The number of hydrogen-bond donors (Lipinski definition) is 1. The van der Waals surface area contributed by atoms with Crippen LogP contribution in [0.4, 0.5) is 0 Å². The molecule has 1 N–H and O–H groups in total. The molecule has 1 aromatic heterocycles. The van der Waals surface area contributed by atoms with E-state index in [0.717, 1.165) is 4.90 Å². The van der Waals surface area contributed by atoms with Gasteiger partial charge in [0.05, 0.1) is 5.52 Å². The van der Waals surface area contributed by atoms with Gasteiger partial charge in [-0.1, -0.05) is 6.07 Å². The van der Waals surface area contributed by atoms with E-state index in [4.69, 9.17) is 0 Å². The molecule has 86 valence electrons. The smallest absolute Gasteiger partial charge is 0.173 e. The van der Waals surface area contributed by atoms with Gasteiger partial charge in [-0.3, -0.25) is 4.79 Å². The Labute approximate surface area is 105 Å². The van der Waals surface area contributed by atoms with Crippen molar-refractivity contribution in [3.8, 4) is 5.75 Å². The second kappa shape index (κ2) is 4.79. The van der Waals surface area contributed by atoms with Gasteiger partial charge in [0.2, 0.25) is 0 Å². The molecule has 0 radical (unpaired) electrons. The zero-order valence-corrected chi connectivity index (χ0v) is 10.5. The van der Waals surface area contributed by atoms with Crippen LogP contribution in [0.15, 0.2) is 29.2 Å². The molecule has 0 saturated heterocycles. The summed E-state index contributed by atoms with van der Waals surface area (Å²) in [6.07, 6.45) is 2.33. The van der Waals surface area contributed by atoms with Crippen LogP contribution in [0.3, 0.4) is 0 Å². The number of para-hydroxylation sites is 1. The van der Waals surface area contributed by atoms with Crippen molar-refractivity contribution >= 4 is 36.3 Å². The molecule has 5 heteroatoms. The minimum absolute atomic E-state index is 0.0573. The van der Waals surface area contributed by atoms with E-state index in [1.54, 1.807) is 25.7 Å². The molecule has 2 aromatic rings. The molecule has 0 aliphatic rings. The molecule has 0 aliphatic heterocycles. The SMILES string of the molecule is BCC(=O)c1cc(O)c2cccc(SC)c2n1. The van der Waals surface area contributed by atoms with Crippen molar-refractivity contribution in [1.82, 2.24) is 4.98 Å². The third kappa shape index (κ3) is 2.15. The van der Waals surface area contributed by atoms with Crippen molar-refractivity contribution in [2.24, 2.45) is 0 Å². The quantitative estimate of drug-likeness (QED) is 0.509. The first kappa shape index (κ1) is 12.0. The molecule has 0 aliphatic carbocycles. The van der Waals surface area contributed by atoms with Gasteiger partial charge < -0.3 is 5.11 Å². The van der Waals surface area contributed by atoms with Crippen LogP contribution >= 0.6 is 11.8 Å². The van der Waals surface area contributed by atoms with Gasteiger partial charge in [0.25, 0.3) is 0 Å². The summed E-state index contributed by atoms with van der Waals surface area (Å²) in [5.41, 5.74) is 1.02. The largest absolute Gasteiger partial charge is 0.507 e. The van der Waals surface area contributed by atoms with Crippen LogP contribution in [-0.2, 0) is 0 Å². The number of Topliss-reactive ketones (excluding diaryl/α,β-unsaturated/α-hetero) is 1. The Bertz CT molecular complexity index is 586. The number of hydrogen-bond acceptors (Lipinski definition) is 4. The Kier molecular flexibility index (Phi) is 3.38. The highest BCUT2D eigenvalue weighted by atomic mass is 32.2. The van der Waals surface area contributed by atoms with E-state index < -0.39 is 0 Å². The third-order valence-electron chi connectivity index (χ3n) is 2.61. The molecule has 0 atom stereocenters. The van der Waals surface area contributed by atoms with Crippen LogP contribution in [-0.4, -0.2) is 30.0 Å². The maximum Gasteiger partial charge on any atom is 0.173 e. The highest BCUT2D eigenvalue weighted by molar-refractivity contribution is 7.98. The van der Waals surface area contributed by atoms with Crippen molar-refractivity contribution < 1.29 is 9.90 Å². The summed E-state index contributed by atoms with van der Waals surface area (Å²) in [5, 5.41) is 10.6. The Morgan fingerprint density at radius 3 is 2.94 bits per heavy atom. The maximum absolute atomic E-state index is 11.6. The van der Waals surface area contributed by atoms with Gasteiger partial charge in [-0.2, -0.15) is 0 Å². The lowest BCUT2D eigenvalue weighted by atomic mass is 9.98. The number of carbonyl (C=O) groups excluding carboxylic acids is 1. The number of rotatable bonds is 3. The summed E-state index contributed by atoms with van der Waals surface area (Å²) in [6, 6.07) is 7.05. The average Bonchev–Trinajstić information content (AvgIpc) is 2.37. The van der Waals surface area contributed by atoms with E-state index in [1.807, 2.05) is 18.4 Å². The number of aromatic nitrogens is 1. The summed E-state index contributed by atoms with van der Waals surface area (Å²) in [7, 11) is 1.78. The van der Waals surface area contributed by atoms with Crippen LogP contribution in [0.25, 0.3) is 10.9 Å². The average molecular weight is 245 g/mol. The minimum atomic E-state index is -0.0573. The molecular formula is C12H12BNO2S. The van der Waals surface area contributed by atoms with Crippen LogP contribution in [0.1, 0.15) is 10.5 Å². The predicted molar refractivity (Wildman–Crippen MR) is 72.9 cm³/mol. The third-order valence-corrected chi connectivity index (χ3v) is 3.38. The van der Waals surface area contributed by atoms with Gasteiger partial charge in [0, 0.05) is 16.3 Å². The van der Waals surface area contributed by atoms with Crippen LogP contribution < -0.4 is 0 Å². The Balaban J connectivity index is 2.74. The van der Waals surface area contributed by atoms with Gasteiger partial charge >= 0.3 is 0 Å². The van der Waals surface area contributed by atoms with Crippen LogP contribution in [0.2, 0.25) is 6.32 Å². The fraction of sp³-hybridized carbons (Fsp3) is 0.167. The van der Waals surface area contributed by atoms with Crippen molar-refractivity contribution in [1.29, 1.82) is 0 Å². The topological polar surface area (TPSA) is 50.2 Å². The lowest BCUT2D eigenvalue weighted by Crippen LogP contribution is -2.01. The summed E-state index contributed by atoms with van der Waals surface area (Å²) in [6.45, 7) is 0. The van der Waals surface area contributed by atoms with E-state index in [2.05, 4.69) is 4.98 Å². The van der Waals surface area contributed by atoms with Crippen LogP contribution in [0, 0.1) is 0 Å². The molecule has 0 saturated carbocycles. The molecule has 17 heavy (non-hydrogen) atoms. The first-order chi connectivity index (χ1) is 8.17. The monoisotopic (exact) mass is 245 g/mol. The molecule has 0 bridgehead atoms. The highest BCUT2D eigenvalue weighted by Gasteiger charge is 2.12. The summed E-state index contributed by atoms with van der Waals surface area (Å²) >= 11 is 1.55. The first-order valence-corrected chi connectivity index (χ1v) is 6.59. The van der Waals surface area contributed by atoms with Gasteiger partial charge in [0.1, 0.15) is 19.3 Å². The fourth-order valence-electron chi connectivity index (χ4n) is 1.69. The number of carbonyl (C=O) groups is 1. The molecule has 0 unspecified atom stereocenters. The number of aromatic hydroxyl groups is 1. The van der Waals surface area contributed by atoms with E-state index >= 15 is 0 Å². The normalized spacial score (nSPS) is 10.6. The summed E-state index contributed by atoms with van der Waals surface area (Å²) < 4.78 is 0. The zero-order valence-electron chi connectivity index (χ0n) is 9.73. The van der Waals surface area contributed by atoms with E-state index in [9.17, 15) is 9.90 Å². The van der Waals surface area contributed by atoms with Crippen molar-refractivity contribution in [2.45, 2.75) is 11.2 Å². The van der Waals surface area contributed by atoms with Gasteiger partial charge in [-0.15, -0.1) is 11.8 Å². The van der Waals surface area contributed by atoms with E-state index in [-0.39, 0.29) is 11.5 Å². The molecule has 3 nitrogen and oxygen atoms in total. The Hall–Kier alpha value is -1.49. The number of pyridine rings is 1. The molecule has 0 spiro atoms. The van der Waals surface area contributed by atoms with Gasteiger partial charge in [-0.05, 0) is 24.7 Å². The standard InChI is InChI=1S/C12H12BNO2S/c1-17-11-4-2-3-7-9(15)5-8(10(16)6-13)14-12(7)11/h2-5H,6,13H2,1H3,(H,14,15). The number of nitrogens with zero attached hydrogens (tertiary/aromatic N) is 1. The maximum atomic E-state index is 11.6. The summed E-state index contributed by atoms with van der Waals surface area (Å²) in [4.78, 5) is 16.9. The van der Waals surface area contributed by atoms with Crippen molar-refractivity contribution in [3.63, 3.8) is 0 Å². The summed E-state index contributed by atoms with van der Waals surface area (Å²) in [5.74, 6) is 0.0563. The predicted octanol–water partition coefficient (Wildman–Crippen LogP) is 1.90. The van der Waals surface area contributed by atoms with E-state index in [1.165, 1.54) is 6.07 Å². The first-order valence-electron chi connectivity index (χ1n) is 5.37. The molecular weight excluding hydrogens is 233 g/mol. The second-order valence-electron chi connectivity index (χ2n) is 3.66. The van der Waals surface area contributed by atoms with Gasteiger partial charge in [0.15, 0.2) is 5.78 Å². The van der Waals surface area contributed by atoms with Crippen molar-refractivity contribution in [2.75, 3.05) is 6.26 Å². The number of fused-ring (bicyclic) bond motifs is 1. The Morgan fingerprint density at radius 1 is 1.53 bits per heavy atom. The molecule has 0 fully saturated rings. The fourth-order valence-corrected chi connectivity index (χ4v) is 2.26. The Morgan fingerprint density at radius 2 is 2.29 bits per heavy atom. The number of benzene rings is 1. The van der Waals surface area contributed by atoms with E-state index in [0.29, 0.717) is 22.9 Å². The molecule has 1 heterocycles. The zero-order chi connectivity index (χ0) is 12.4. The minimum Gasteiger partial charge on any atom is -0.507 e. The lowest BCUT2D eigenvalue weighted by molar-refractivity contribution is 0.101. The van der Waals surface area contributed by atoms with Crippen molar-refractivity contribution in [3.05, 3.63) is 30.0 Å². The van der Waals surface area contributed by atoms with Gasteiger partial charge in [-0.25, -0.2) is 4.98 Å². The molecule has 0 amide bonds. The number of ketones is 1. The number of thioether (sulfide) groups is 1. The molecule has 1 aromatic carbocycles. The molecule has 2 rings (SSSR count). The van der Waals surface area contributed by atoms with Crippen LogP contribution in [0.5, 0.6) is 5.75 Å².